The number of carbonyl (C=O) groups excluding carboxylic acids is 1. The first-order chi connectivity index (χ1) is 8.02. The average Bonchev–Trinajstić information content (AvgIpc) is 2.68. The number of carboxylic acids is 1. The van der Waals surface area contributed by atoms with E-state index in [-0.39, 0.29) is 6.54 Å². The highest BCUT2D eigenvalue weighted by atomic mass is 16.4. The van der Waals surface area contributed by atoms with E-state index in [4.69, 9.17) is 10.2 Å². The Morgan fingerprint density at radius 1 is 1.59 bits per heavy atom. The predicted octanol–water partition coefficient (Wildman–Crippen LogP) is -1.94. The third-order valence-corrected chi connectivity index (χ3v) is 1.84. The third kappa shape index (κ3) is 4.07. The van der Waals surface area contributed by atoms with Crippen molar-refractivity contribution < 1.29 is 19.8 Å². The van der Waals surface area contributed by atoms with Gasteiger partial charge in [0.2, 0.25) is 0 Å². The van der Waals surface area contributed by atoms with Crippen LogP contribution in [-0.2, 0) is 18.4 Å². The fraction of sp³-hybridized carbons (Fsp3) is 0.500. The molecule has 0 saturated heterocycles. The van der Waals surface area contributed by atoms with Crippen LogP contribution in [0.15, 0.2) is 6.33 Å². The van der Waals surface area contributed by atoms with Crippen LogP contribution in [0.3, 0.4) is 0 Å². The van der Waals surface area contributed by atoms with Crippen LogP contribution >= 0.6 is 0 Å². The van der Waals surface area contributed by atoms with Gasteiger partial charge in [-0.25, -0.2) is 14.6 Å². The molecule has 1 atom stereocenters. The number of rotatable bonds is 5. The molecular formula is C8H13N5O4. The van der Waals surface area contributed by atoms with Crippen LogP contribution in [0.25, 0.3) is 0 Å². The van der Waals surface area contributed by atoms with Crippen molar-refractivity contribution in [3.8, 4) is 0 Å². The van der Waals surface area contributed by atoms with Crippen LogP contribution in [0.4, 0.5) is 4.79 Å². The van der Waals surface area contributed by atoms with Crippen LogP contribution in [0.1, 0.15) is 5.82 Å². The Balaban J connectivity index is 2.37. The van der Waals surface area contributed by atoms with Gasteiger partial charge in [-0.1, -0.05) is 0 Å². The number of amides is 2. The molecule has 9 nitrogen and oxygen atoms in total. The third-order valence-electron chi connectivity index (χ3n) is 1.84. The minimum absolute atomic E-state index is 0.0739. The van der Waals surface area contributed by atoms with Gasteiger partial charge in [0.1, 0.15) is 6.33 Å². The van der Waals surface area contributed by atoms with Gasteiger partial charge in [-0.15, -0.1) is 0 Å². The molecule has 0 bridgehead atoms. The second kappa shape index (κ2) is 5.80. The topological polar surface area (TPSA) is 129 Å². The molecule has 0 aliphatic carbocycles. The number of aliphatic carboxylic acids is 1. The number of nitrogens with one attached hydrogen (secondary N) is 2. The summed E-state index contributed by atoms with van der Waals surface area (Å²) in [5, 5.41) is 25.6. The number of urea groups is 1. The van der Waals surface area contributed by atoms with Gasteiger partial charge in [-0.2, -0.15) is 5.10 Å². The Morgan fingerprint density at radius 3 is 2.76 bits per heavy atom. The SMILES string of the molecule is Cn1cnc(CNC(=O)N[C@@H](CO)C(=O)O)n1. The van der Waals surface area contributed by atoms with E-state index in [9.17, 15) is 9.59 Å². The molecule has 1 heterocycles. The largest absolute Gasteiger partial charge is 0.480 e. The Labute approximate surface area is 96.5 Å². The number of hydrogen-bond donors (Lipinski definition) is 4. The molecule has 17 heavy (non-hydrogen) atoms. The molecule has 9 heteroatoms. The molecule has 2 amide bonds. The summed E-state index contributed by atoms with van der Waals surface area (Å²) >= 11 is 0. The Morgan fingerprint density at radius 2 is 2.29 bits per heavy atom. The van der Waals surface area contributed by atoms with Crippen molar-refractivity contribution in [1.29, 1.82) is 0 Å². The maximum atomic E-state index is 11.2. The Bertz CT molecular complexity index is 404. The van der Waals surface area contributed by atoms with Crippen LogP contribution < -0.4 is 10.6 Å². The number of aliphatic hydroxyl groups excluding tert-OH is 1. The highest BCUT2D eigenvalue weighted by molar-refractivity contribution is 5.82. The van der Waals surface area contributed by atoms with Crippen LogP contribution in [0.5, 0.6) is 0 Å². The molecule has 0 saturated carbocycles. The number of aliphatic hydroxyl groups is 1. The minimum atomic E-state index is -1.33. The summed E-state index contributed by atoms with van der Waals surface area (Å²) < 4.78 is 1.47. The van der Waals surface area contributed by atoms with Crippen LogP contribution in [-0.4, -0.2) is 49.6 Å². The number of carboxylic acid groups (broad SMARTS) is 1. The maximum Gasteiger partial charge on any atom is 0.328 e. The van der Waals surface area contributed by atoms with Gasteiger partial charge in [0.05, 0.1) is 13.2 Å². The predicted molar refractivity (Wildman–Crippen MR) is 54.9 cm³/mol. The molecule has 0 fully saturated rings. The lowest BCUT2D eigenvalue weighted by molar-refractivity contribution is -0.140. The van der Waals surface area contributed by atoms with E-state index in [2.05, 4.69) is 20.7 Å². The number of carbonyl (C=O) groups is 2. The second-order valence-corrected chi connectivity index (χ2v) is 3.23. The molecule has 0 radical (unpaired) electrons. The summed E-state index contributed by atoms with van der Waals surface area (Å²) in [7, 11) is 1.68. The van der Waals surface area contributed by atoms with Crippen LogP contribution in [0.2, 0.25) is 0 Å². The molecule has 0 aliphatic rings. The Hall–Kier alpha value is -2.16. The molecule has 4 N–H and O–H groups in total. The smallest absolute Gasteiger partial charge is 0.328 e. The molecule has 0 unspecified atom stereocenters. The number of nitrogens with zero attached hydrogens (tertiary/aromatic N) is 3. The van der Waals surface area contributed by atoms with Crippen LogP contribution in [0, 0.1) is 0 Å². The Kier molecular flexibility index (Phi) is 4.40. The summed E-state index contributed by atoms with van der Waals surface area (Å²) in [6.07, 6.45) is 1.47. The minimum Gasteiger partial charge on any atom is -0.480 e. The highest BCUT2D eigenvalue weighted by Gasteiger charge is 2.18. The number of hydrogen-bond acceptors (Lipinski definition) is 5. The van der Waals surface area contributed by atoms with Crippen molar-refractivity contribution >= 4 is 12.0 Å². The maximum absolute atomic E-state index is 11.2. The van der Waals surface area contributed by atoms with Crippen molar-refractivity contribution in [1.82, 2.24) is 25.4 Å². The van der Waals surface area contributed by atoms with Gasteiger partial charge in [-0.05, 0) is 0 Å². The first-order valence-electron chi connectivity index (χ1n) is 4.75. The second-order valence-electron chi connectivity index (χ2n) is 3.23. The van der Waals surface area contributed by atoms with E-state index >= 15 is 0 Å². The molecule has 1 aromatic heterocycles. The van der Waals surface area contributed by atoms with Crippen molar-refractivity contribution in [2.75, 3.05) is 6.61 Å². The first-order valence-corrected chi connectivity index (χ1v) is 4.75. The molecule has 1 aromatic rings. The van der Waals surface area contributed by atoms with Gasteiger partial charge >= 0.3 is 12.0 Å². The molecule has 0 spiro atoms. The average molecular weight is 243 g/mol. The van der Waals surface area contributed by atoms with Crippen molar-refractivity contribution in [2.45, 2.75) is 12.6 Å². The summed E-state index contributed by atoms with van der Waals surface area (Å²) in [6.45, 7) is -0.602. The zero-order chi connectivity index (χ0) is 12.8. The lowest BCUT2D eigenvalue weighted by atomic mass is 10.3. The first kappa shape index (κ1) is 12.9. The monoisotopic (exact) mass is 243 g/mol. The van der Waals surface area contributed by atoms with E-state index in [1.807, 2.05) is 0 Å². The fourth-order valence-electron chi connectivity index (χ4n) is 1.02. The zero-order valence-corrected chi connectivity index (χ0v) is 9.12. The van der Waals surface area contributed by atoms with Crippen molar-refractivity contribution in [3.63, 3.8) is 0 Å². The quantitative estimate of drug-likeness (QED) is 0.476. The molecule has 94 valence electrons. The van der Waals surface area contributed by atoms with Crippen molar-refractivity contribution in [2.24, 2.45) is 7.05 Å². The molecule has 0 aromatic carbocycles. The van der Waals surface area contributed by atoms with E-state index in [1.165, 1.54) is 11.0 Å². The van der Waals surface area contributed by atoms with E-state index in [0.717, 1.165) is 0 Å². The zero-order valence-electron chi connectivity index (χ0n) is 9.12. The van der Waals surface area contributed by atoms with E-state index < -0.39 is 24.6 Å². The number of aromatic nitrogens is 3. The van der Waals surface area contributed by atoms with E-state index in [1.54, 1.807) is 7.05 Å². The fourth-order valence-corrected chi connectivity index (χ4v) is 1.02. The lowest BCUT2D eigenvalue weighted by Gasteiger charge is -2.11. The molecular weight excluding hydrogens is 230 g/mol. The summed E-state index contributed by atoms with van der Waals surface area (Å²) in [6, 6.07) is -2.04. The van der Waals surface area contributed by atoms with E-state index in [0.29, 0.717) is 5.82 Å². The summed E-state index contributed by atoms with van der Waals surface area (Å²) in [5.41, 5.74) is 0. The summed E-state index contributed by atoms with van der Waals surface area (Å²) in [4.78, 5) is 25.6. The normalized spacial score (nSPS) is 11.9. The summed E-state index contributed by atoms with van der Waals surface area (Å²) in [5.74, 6) is -0.905. The van der Waals surface area contributed by atoms with Gasteiger partial charge in [-0.3, -0.25) is 4.68 Å². The van der Waals surface area contributed by atoms with Gasteiger partial charge < -0.3 is 20.8 Å². The molecule has 0 aliphatic heterocycles. The van der Waals surface area contributed by atoms with Gasteiger partial charge in [0.25, 0.3) is 0 Å². The lowest BCUT2D eigenvalue weighted by Crippen LogP contribution is -2.47. The highest BCUT2D eigenvalue weighted by Crippen LogP contribution is 1.87. The van der Waals surface area contributed by atoms with Gasteiger partial charge in [0, 0.05) is 7.05 Å². The van der Waals surface area contributed by atoms with Gasteiger partial charge in [0.15, 0.2) is 11.9 Å². The standard InChI is InChI=1S/C8H13N5O4/c1-13-4-10-6(12-13)2-9-8(17)11-5(3-14)7(15)16/h4-5,14H,2-3H2,1H3,(H,15,16)(H2,9,11,17)/t5-/m0/s1. The van der Waals surface area contributed by atoms with Crippen molar-refractivity contribution in [3.05, 3.63) is 12.2 Å². The number of aryl methyl sites for hydroxylation is 1. The molecule has 1 rings (SSSR count).